The first-order chi connectivity index (χ1) is 32.5. The Morgan fingerprint density at radius 1 is 0.912 bits per heavy atom. The number of hydrogen-bond donors (Lipinski definition) is 6. The maximum absolute atomic E-state index is 14.7. The zero-order valence-electron chi connectivity index (χ0n) is 38.6. The number of amides is 2. The average Bonchev–Trinajstić information content (AvgIpc) is 3.87. The van der Waals surface area contributed by atoms with Gasteiger partial charge in [-0.05, 0) is 67.7 Å². The number of benzene rings is 3. The molecule has 0 radical (unpaired) electrons. The van der Waals surface area contributed by atoms with Crippen LogP contribution in [0.5, 0.6) is 0 Å². The van der Waals surface area contributed by atoms with Crippen LogP contribution < -0.4 is 5.32 Å². The van der Waals surface area contributed by atoms with Crippen LogP contribution in [0.1, 0.15) is 72.6 Å². The smallest absolute Gasteiger partial charge is 0.338 e. The lowest BCUT2D eigenvalue weighted by Gasteiger charge is -2.39. The molecule has 4 aliphatic rings. The summed E-state index contributed by atoms with van der Waals surface area (Å²) >= 11 is 0. The minimum atomic E-state index is -1.58. The van der Waals surface area contributed by atoms with E-state index in [0.29, 0.717) is 18.4 Å². The molecule has 17 heteroatoms. The van der Waals surface area contributed by atoms with Gasteiger partial charge in [0.1, 0.15) is 54.4 Å². The SMILES string of the molecule is CN(C(=O)C1=CC2OC3(Cc4ccccc4C3)OC2C(OC(=O)c2cccc(C=CCOC3OC(CO)C(O)C(O)C3O)c2)C1)C(Cc1ccccc1)C(=O)NC(CO)CCC(=O)OC(C)(C)C. The Morgan fingerprint density at radius 3 is 2.29 bits per heavy atom. The Kier molecular flexibility index (Phi) is 16.3. The van der Waals surface area contributed by atoms with E-state index in [1.807, 2.05) is 54.6 Å². The number of carbonyl (C=O) groups excluding carboxylic acids is 4. The van der Waals surface area contributed by atoms with Gasteiger partial charge in [0.25, 0.3) is 0 Å². The molecule has 17 nitrogen and oxygen atoms in total. The Hall–Kier alpha value is -5.34. The highest BCUT2D eigenvalue weighted by Crippen LogP contribution is 2.45. The molecule has 68 heavy (non-hydrogen) atoms. The summed E-state index contributed by atoms with van der Waals surface area (Å²) < 4.78 is 36.0. The molecule has 3 aromatic carbocycles. The Bertz CT molecular complexity index is 2290. The fourth-order valence-electron chi connectivity index (χ4n) is 8.97. The number of aliphatic hydroxyl groups is 5. The number of nitrogens with zero attached hydrogens (tertiary/aromatic N) is 1. The average molecular weight is 943 g/mol. The van der Waals surface area contributed by atoms with Crippen LogP contribution in [0.2, 0.25) is 0 Å². The summed E-state index contributed by atoms with van der Waals surface area (Å²) in [5.74, 6) is -3.28. The molecule has 7 rings (SSSR count). The van der Waals surface area contributed by atoms with Crippen molar-refractivity contribution < 1.29 is 73.1 Å². The van der Waals surface area contributed by atoms with E-state index in [0.717, 1.165) is 16.7 Å². The molecule has 2 aliphatic carbocycles. The predicted molar refractivity (Wildman–Crippen MR) is 244 cm³/mol. The first-order valence-corrected chi connectivity index (χ1v) is 22.9. The highest BCUT2D eigenvalue weighted by Gasteiger charge is 2.55. The van der Waals surface area contributed by atoms with Gasteiger partial charge in [0.05, 0.1) is 31.4 Å². The summed E-state index contributed by atoms with van der Waals surface area (Å²) in [5, 5.41) is 53.0. The fourth-order valence-corrected chi connectivity index (χ4v) is 8.97. The lowest BCUT2D eigenvalue weighted by atomic mass is 9.90. The number of nitrogens with one attached hydrogen (secondary N) is 1. The van der Waals surface area contributed by atoms with Crippen molar-refractivity contribution in [2.24, 2.45) is 0 Å². The van der Waals surface area contributed by atoms with Gasteiger partial charge in [-0.3, -0.25) is 14.4 Å². The molecular weight excluding hydrogens is 881 g/mol. The summed E-state index contributed by atoms with van der Waals surface area (Å²) in [6.45, 7) is 4.13. The van der Waals surface area contributed by atoms with Crippen molar-refractivity contribution in [3.8, 4) is 0 Å². The van der Waals surface area contributed by atoms with Crippen LogP contribution in [-0.2, 0) is 62.1 Å². The molecule has 0 aromatic heterocycles. The molecule has 2 fully saturated rings. The van der Waals surface area contributed by atoms with Crippen LogP contribution in [0, 0.1) is 0 Å². The number of ether oxygens (including phenoxy) is 6. The highest BCUT2D eigenvalue weighted by atomic mass is 16.8. The minimum Gasteiger partial charge on any atom is -0.460 e. The summed E-state index contributed by atoms with van der Waals surface area (Å²) in [6.07, 6.45) is -3.68. The highest BCUT2D eigenvalue weighted by molar-refractivity contribution is 5.97. The second-order valence-electron chi connectivity index (χ2n) is 18.7. The molecular formula is C51H62N2O15. The van der Waals surface area contributed by atoms with Crippen molar-refractivity contribution in [3.63, 3.8) is 0 Å². The zero-order chi connectivity index (χ0) is 48.8. The van der Waals surface area contributed by atoms with Crippen molar-refractivity contribution in [2.75, 3.05) is 26.9 Å². The summed E-state index contributed by atoms with van der Waals surface area (Å²) in [4.78, 5) is 56.8. The first kappa shape index (κ1) is 50.5. The lowest BCUT2D eigenvalue weighted by molar-refractivity contribution is -0.298. The topological polar surface area (TPSA) is 240 Å². The van der Waals surface area contributed by atoms with Gasteiger partial charge in [-0.2, -0.15) is 0 Å². The number of aliphatic hydroxyl groups excluding tert-OH is 5. The predicted octanol–water partition coefficient (Wildman–Crippen LogP) is 2.32. The molecule has 6 N–H and O–H groups in total. The van der Waals surface area contributed by atoms with Crippen LogP contribution in [-0.4, -0.2) is 154 Å². The number of hydrogen-bond acceptors (Lipinski definition) is 15. The first-order valence-electron chi connectivity index (χ1n) is 22.9. The number of esters is 2. The largest absolute Gasteiger partial charge is 0.460 e. The fraction of sp³-hybridized carbons (Fsp3) is 0.490. The van der Waals surface area contributed by atoms with Gasteiger partial charge in [-0.15, -0.1) is 0 Å². The van der Waals surface area contributed by atoms with E-state index in [1.165, 1.54) is 11.9 Å². The molecule has 2 saturated heterocycles. The van der Waals surface area contributed by atoms with E-state index in [9.17, 15) is 44.7 Å². The third-order valence-corrected chi connectivity index (χ3v) is 12.4. The van der Waals surface area contributed by atoms with Crippen molar-refractivity contribution in [3.05, 3.63) is 124 Å². The van der Waals surface area contributed by atoms with Gasteiger partial charge in [-0.25, -0.2) is 4.79 Å². The quantitative estimate of drug-likeness (QED) is 0.107. The minimum absolute atomic E-state index is 0.0461. The summed E-state index contributed by atoms with van der Waals surface area (Å²) in [5.41, 5.74) is 3.23. The second-order valence-corrected chi connectivity index (χ2v) is 18.7. The monoisotopic (exact) mass is 942 g/mol. The van der Waals surface area contributed by atoms with Gasteiger partial charge < -0.3 is 64.2 Å². The standard InChI is InChI=1S/C51H62N2O15/c1-50(2,3)67-41(56)20-19-36(28-54)52-46(60)37(23-31-12-6-5-7-13-31)53(4)47(61)35-24-38(45-39(25-35)66-51(68-45)26-33-16-8-9-17-34(33)27-51)64-48(62)32-18-10-14-30(22-32)15-11-21-63-49-44(59)43(58)42(57)40(29-55)65-49/h5-18,22,25,36-40,42-45,49,54-55,57-59H,19-21,23-24,26-29H2,1-4H3,(H,52,60). The van der Waals surface area contributed by atoms with Gasteiger partial charge in [-0.1, -0.05) is 78.9 Å². The van der Waals surface area contributed by atoms with E-state index < -0.39 is 109 Å². The molecule has 1 spiro atoms. The zero-order valence-corrected chi connectivity index (χ0v) is 38.6. The Morgan fingerprint density at radius 2 is 1.62 bits per heavy atom. The van der Waals surface area contributed by atoms with Gasteiger partial charge in [0.15, 0.2) is 12.1 Å². The van der Waals surface area contributed by atoms with E-state index in [2.05, 4.69) is 5.32 Å². The van der Waals surface area contributed by atoms with Crippen molar-refractivity contribution in [1.82, 2.24) is 10.2 Å². The van der Waals surface area contributed by atoms with E-state index in [1.54, 1.807) is 63.3 Å². The van der Waals surface area contributed by atoms with Crippen LogP contribution in [0.3, 0.4) is 0 Å². The normalized spacial score (nSPS) is 26.0. The maximum atomic E-state index is 14.7. The second kappa shape index (κ2) is 22.0. The molecule has 3 aromatic rings. The number of rotatable bonds is 17. The van der Waals surface area contributed by atoms with Gasteiger partial charge >= 0.3 is 11.9 Å². The van der Waals surface area contributed by atoms with Crippen molar-refractivity contribution in [1.29, 1.82) is 0 Å². The number of carbonyl (C=O) groups is 4. The van der Waals surface area contributed by atoms with Crippen molar-refractivity contribution in [2.45, 2.75) is 132 Å². The summed E-state index contributed by atoms with van der Waals surface area (Å²) in [7, 11) is 1.52. The van der Waals surface area contributed by atoms with Gasteiger partial charge in [0, 0.05) is 44.7 Å². The van der Waals surface area contributed by atoms with E-state index in [4.69, 9.17) is 28.4 Å². The van der Waals surface area contributed by atoms with Crippen LogP contribution in [0.4, 0.5) is 0 Å². The Balaban J connectivity index is 1.08. The van der Waals surface area contributed by atoms with Crippen LogP contribution in [0.25, 0.3) is 6.08 Å². The molecule has 366 valence electrons. The molecule has 10 unspecified atom stereocenters. The van der Waals surface area contributed by atoms with E-state index >= 15 is 0 Å². The molecule has 0 saturated carbocycles. The molecule has 2 aliphatic heterocycles. The van der Waals surface area contributed by atoms with Crippen LogP contribution in [0.15, 0.2) is 96.6 Å². The number of likely N-dealkylation sites (N-methyl/N-ethyl adjacent to an activating group) is 1. The lowest BCUT2D eigenvalue weighted by Crippen LogP contribution is -2.59. The molecule has 2 heterocycles. The third kappa shape index (κ3) is 12.3. The molecule has 2 amide bonds. The molecule has 10 atom stereocenters. The maximum Gasteiger partial charge on any atom is 0.338 e. The summed E-state index contributed by atoms with van der Waals surface area (Å²) in [6, 6.07) is 21.8. The Labute approximate surface area is 395 Å². The van der Waals surface area contributed by atoms with Crippen molar-refractivity contribution >= 4 is 29.8 Å². The number of fused-ring (bicyclic) bond motifs is 2. The third-order valence-electron chi connectivity index (χ3n) is 12.4. The van der Waals surface area contributed by atoms with Crippen LogP contribution >= 0.6 is 0 Å². The molecule has 0 bridgehead atoms. The van der Waals surface area contributed by atoms with E-state index in [-0.39, 0.29) is 43.4 Å². The van der Waals surface area contributed by atoms with Gasteiger partial charge in [0.2, 0.25) is 11.8 Å².